The molecule has 4 nitrogen and oxygen atoms in total. The molecule has 3 fully saturated rings. The van der Waals surface area contributed by atoms with E-state index in [4.69, 9.17) is 16.3 Å². The Labute approximate surface area is 122 Å². The molecular formula is C15H16ClN3O. The molecule has 0 saturated carbocycles. The topological polar surface area (TPSA) is 30.3 Å². The van der Waals surface area contributed by atoms with Crippen molar-refractivity contribution in [2.45, 2.75) is 25.0 Å². The fraction of sp³-hybridized carbons (Fsp3) is 0.533. The number of imidazole rings is 1. The van der Waals surface area contributed by atoms with Crippen LogP contribution < -0.4 is 4.74 Å². The molecule has 5 heteroatoms. The highest BCUT2D eigenvalue weighted by Gasteiger charge is 2.53. The Hall–Kier alpha value is -1.26. The minimum Gasteiger partial charge on any atom is -0.454 e. The Morgan fingerprint density at radius 1 is 1.25 bits per heavy atom. The zero-order chi connectivity index (χ0) is 13.3. The van der Waals surface area contributed by atoms with Crippen molar-refractivity contribution in [3.8, 4) is 6.01 Å². The summed E-state index contributed by atoms with van der Waals surface area (Å²) in [6, 6.07) is 6.62. The van der Waals surface area contributed by atoms with Crippen molar-refractivity contribution in [3.63, 3.8) is 0 Å². The van der Waals surface area contributed by atoms with Gasteiger partial charge in [-0.25, -0.2) is 0 Å². The number of hydrogen-bond donors (Lipinski definition) is 0. The van der Waals surface area contributed by atoms with Gasteiger partial charge in [-0.15, -0.1) is 0 Å². The maximum atomic E-state index is 6.36. The van der Waals surface area contributed by atoms with Crippen molar-refractivity contribution < 1.29 is 4.74 Å². The lowest BCUT2D eigenvalue weighted by Crippen LogP contribution is -2.61. The quantitative estimate of drug-likeness (QED) is 0.747. The molecular weight excluding hydrogens is 274 g/mol. The monoisotopic (exact) mass is 289 g/mol. The van der Waals surface area contributed by atoms with Crippen LogP contribution in [0.2, 0.25) is 5.02 Å². The predicted octanol–water partition coefficient (Wildman–Crippen LogP) is 2.55. The van der Waals surface area contributed by atoms with Crippen LogP contribution in [0.25, 0.3) is 11.0 Å². The number of rotatable bonds is 0. The molecule has 1 spiro atoms. The number of para-hydroxylation sites is 1. The molecule has 5 heterocycles. The van der Waals surface area contributed by atoms with Gasteiger partial charge in [0.1, 0.15) is 5.60 Å². The van der Waals surface area contributed by atoms with Crippen molar-refractivity contribution in [2.24, 2.45) is 5.92 Å². The van der Waals surface area contributed by atoms with Gasteiger partial charge in [-0.05, 0) is 38.1 Å². The average Bonchev–Trinajstić information content (AvgIpc) is 2.94. The highest BCUT2D eigenvalue weighted by Crippen LogP contribution is 2.45. The van der Waals surface area contributed by atoms with Gasteiger partial charge in [-0.3, -0.25) is 9.47 Å². The molecule has 4 aliphatic rings. The maximum absolute atomic E-state index is 6.36. The van der Waals surface area contributed by atoms with Crippen LogP contribution in [-0.4, -0.2) is 39.7 Å². The van der Waals surface area contributed by atoms with Gasteiger partial charge in [0, 0.05) is 12.5 Å². The van der Waals surface area contributed by atoms with Gasteiger partial charge in [-0.1, -0.05) is 17.7 Å². The number of piperidine rings is 3. The Kier molecular flexibility index (Phi) is 2.10. The zero-order valence-electron chi connectivity index (χ0n) is 11.2. The van der Waals surface area contributed by atoms with E-state index in [1.807, 2.05) is 18.2 Å². The number of halogens is 1. The number of nitrogens with zero attached hydrogens (tertiary/aromatic N) is 3. The van der Waals surface area contributed by atoms with E-state index < -0.39 is 0 Å². The van der Waals surface area contributed by atoms with Gasteiger partial charge in [0.05, 0.1) is 22.6 Å². The fourth-order valence-electron chi connectivity index (χ4n) is 4.25. The molecule has 3 saturated heterocycles. The largest absolute Gasteiger partial charge is 0.454 e. The molecule has 1 aromatic carbocycles. The van der Waals surface area contributed by atoms with Crippen LogP contribution in [0.5, 0.6) is 6.01 Å². The molecule has 0 unspecified atom stereocenters. The van der Waals surface area contributed by atoms with Crippen LogP contribution >= 0.6 is 11.6 Å². The van der Waals surface area contributed by atoms with Gasteiger partial charge in [0.15, 0.2) is 0 Å². The molecule has 0 N–H and O–H groups in total. The molecule has 0 aliphatic carbocycles. The number of hydrogen-bond acceptors (Lipinski definition) is 3. The van der Waals surface area contributed by atoms with Crippen LogP contribution in [0.3, 0.4) is 0 Å². The number of ether oxygens (including phenoxy) is 1. The zero-order valence-corrected chi connectivity index (χ0v) is 11.9. The Bertz CT molecular complexity index is 704. The first-order chi connectivity index (χ1) is 9.75. The van der Waals surface area contributed by atoms with E-state index in [-0.39, 0.29) is 5.60 Å². The maximum Gasteiger partial charge on any atom is 0.298 e. The van der Waals surface area contributed by atoms with E-state index >= 15 is 0 Å². The van der Waals surface area contributed by atoms with Crippen molar-refractivity contribution in [2.75, 3.05) is 19.6 Å². The predicted molar refractivity (Wildman–Crippen MR) is 77.3 cm³/mol. The van der Waals surface area contributed by atoms with E-state index in [9.17, 15) is 0 Å². The first kappa shape index (κ1) is 11.4. The summed E-state index contributed by atoms with van der Waals surface area (Å²) in [6.45, 7) is 4.37. The van der Waals surface area contributed by atoms with Gasteiger partial charge >= 0.3 is 0 Å². The summed E-state index contributed by atoms with van der Waals surface area (Å²) in [5, 5.41) is 0.767. The molecule has 1 atom stereocenters. The smallest absolute Gasteiger partial charge is 0.298 e. The highest BCUT2D eigenvalue weighted by atomic mass is 35.5. The summed E-state index contributed by atoms with van der Waals surface area (Å²) in [5.74, 6) is 0.659. The molecule has 0 amide bonds. The number of aromatic nitrogens is 2. The summed E-state index contributed by atoms with van der Waals surface area (Å²) in [6.07, 6.45) is 2.49. The molecule has 4 aliphatic heterocycles. The van der Waals surface area contributed by atoms with Crippen LogP contribution in [0.15, 0.2) is 18.2 Å². The SMILES string of the molecule is Clc1cccc2nc3n(c12)C[C@]1(CN2CCC1CC2)O3. The summed E-state index contributed by atoms with van der Waals surface area (Å²) in [7, 11) is 0. The summed E-state index contributed by atoms with van der Waals surface area (Å²) in [5.41, 5.74) is 1.90. The van der Waals surface area contributed by atoms with Crippen LogP contribution in [0.4, 0.5) is 0 Å². The lowest BCUT2D eigenvalue weighted by atomic mass is 9.75. The second-order valence-electron chi connectivity index (χ2n) is 6.31. The van der Waals surface area contributed by atoms with Crippen LogP contribution in [-0.2, 0) is 6.54 Å². The average molecular weight is 290 g/mol. The van der Waals surface area contributed by atoms with Crippen molar-refractivity contribution in [3.05, 3.63) is 23.2 Å². The summed E-state index contributed by atoms with van der Waals surface area (Å²) < 4.78 is 8.54. The Morgan fingerprint density at radius 2 is 2.10 bits per heavy atom. The van der Waals surface area contributed by atoms with Crippen molar-refractivity contribution in [1.29, 1.82) is 0 Å². The highest BCUT2D eigenvalue weighted by molar-refractivity contribution is 6.35. The summed E-state index contributed by atoms with van der Waals surface area (Å²) in [4.78, 5) is 7.15. The number of benzene rings is 1. The molecule has 0 radical (unpaired) electrons. The molecule has 2 bridgehead atoms. The van der Waals surface area contributed by atoms with Crippen molar-refractivity contribution in [1.82, 2.24) is 14.5 Å². The van der Waals surface area contributed by atoms with Gasteiger partial charge < -0.3 is 4.74 Å². The minimum atomic E-state index is -0.0633. The normalized spacial score (nSPS) is 34.6. The lowest BCUT2D eigenvalue weighted by molar-refractivity contribution is -0.0831. The number of fused-ring (bicyclic) bond motifs is 5. The molecule has 6 rings (SSSR count). The Balaban J connectivity index is 1.63. The first-order valence-corrected chi connectivity index (χ1v) is 7.69. The third-order valence-corrected chi connectivity index (χ3v) is 5.53. The first-order valence-electron chi connectivity index (χ1n) is 7.31. The van der Waals surface area contributed by atoms with Gasteiger partial charge in [0.2, 0.25) is 0 Å². The third kappa shape index (κ3) is 1.33. The van der Waals surface area contributed by atoms with Crippen molar-refractivity contribution >= 4 is 22.6 Å². The fourth-order valence-corrected chi connectivity index (χ4v) is 4.52. The second-order valence-corrected chi connectivity index (χ2v) is 6.71. The molecule has 104 valence electrons. The Morgan fingerprint density at radius 3 is 2.85 bits per heavy atom. The standard InChI is InChI=1S/C15H16ClN3O/c16-11-2-1-3-12-13(11)19-9-15(20-14(19)17-12)8-18-6-4-10(15)5-7-18/h1-3,10H,4-9H2/t15-/m0/s1. The van der Waals surface area contributed by atoms with E-state index in [0.29, 0.717) is 5.92 Å². The third-order valence-electron chi connectivity index (χ3n) is 5.23. The van der Waals surface area contributed by atoms with E-state index in [1.54, 1.807) is 0 Å². The molecule has 2 aromatic rings. The lowest BCUT2D eigenvalue weighted by Gasteiger charge is -2.50. The van der Waals surface area contributed by atoms with E-state index in [1.165, 1.54) is 25.9 Å². The van der Waals surface area contributed by atoms with Gasteiger partial charge in [-0.2, -0.15) is 4.98 Å². The van der Waals surface area contributed by atoms with Gasteiger partial charge in [0.25, 0.3) is 6.01 Å². The van der Waals surface area contributed by atoms with Crippen LogP contribution in [0.1, 0.15) is 12.8 Å². The van der Waals surface area contributed by atoms with E-state index in [0.717, 1.165) is 35.2 Å². The molecule has 1 aromatic heterocycles. The van der Waals surface area contributed by atoms with E-state index in [2.05, 4.69) is 14.5 Å². The minimum absolute atomic E-state index is 0.0633. The summed E-state index contributed by atoms with van der Waals surface area (Å²) >= 11 is 6.36. The second kappa shape index (κ2) is 3.68. The van der Waals surface area contributed by atoms with Crippen LogP contribution in [0, 0.1) is 5.92 Å². The molecule has 20 heavy (non-hydrogen) atoms.